The molecule has 154 valence electrons. The third-order valence-corrected chi connectivity index (χ3v) is 5.73. The zero-order valence-corrected chi connectivity index (χ0v) is 16.7. The van der Waals surface area contributed by atoms with Crippen molar-refractivity contribution in [1.29, 1.82) is 0 Å². The van der Waals surface area contributed by atoms with Gasteiger partial charge in [0.25, 0.3) is 5.91 Å². The maximum atomic E-state index is 13.0. The number of ether oxygens (including phenoxy) is 1. The Kier molecular flexibility index (Phi) is 4.59. The van der Waals surface area contributed by atoms with E-state index in [2.05, 4.69) is 15.4 Å². The van der Waals surface area contributed by atoms with Crippen LogP contribution in [-0.4, -0.2) is 43.4 Å². The van der Waals surface area contributed by atoms with Crippen LogP contribution in [0.15, 0.2) is 43.0 Å². The highest BCUT2D eigenvalue weighted by Gasteiger charge is 2.22. The lowest BCUT2D eigenvalue weighted by Crippen LogP contribution is -2.27. The van der Waals surface area contributed by atoms with Crippen LogP contribution in [0.3, 0.4) is 0 Å². The van der Waals surface area contributed by atoms with Crippen LogP contribution in [0, 0.1) is 0 Å². The van der Waals surface area contributed by atoms with Gasteiger partial charge in [0.1, 0.15) is 11.4 Å². The molecule has 3 heterocycles. The van der Waals surface area contributed by atoms with Gasteiger partial charge in [-0.3, -0.25) is 9.48 Å². The van der Waals surface area contributed by atoms with Gasteiger partial charge in [-0.1, -0.05) is 0 Å². The lowest BCUT2D eigenvalue weighted by Gasteiger charge is -2.26. The molecule has 1 fully saturated rings. The first-order valence-corrected chi connectivity index (χ1v) is 10.0. The monoisotopic (exact) mass is 405 g/mol. The summed E-state index contributed by atoms with van der Waals surface area (Å²) in [6, 6.07) is 6.03. The van der Waals surface area contributed by atoms with Crippen LogP contribution in [0.25, 0.3) is 16.6 Å². The number of rotatable bonds is 4. The Morgan fingerprint density at radius 1 is 1.27 bits per heavy atom. The number of carbonyl (C=O) groups is 1. The van der Waals surface area contributed by atoms with Crippen molar-refractivity contribution in [3.05, 3.63) is 48.5 Å². The van der Waals surface area contributed by atoms with Crippen LogP contribution in [0.1, 0.15) is 42.1 Å². The summed E-state index contributed by atoms with van der Waals surface area (Å²) in [6.45, 7) is 0. The Balaban J connectivity index is 1.46. The molecule has 0 aliphatic heterocycles. The number of aromatic nitrogens is 5. The van der Waals surface area contributed by atoms with Crippen molar-refractivity contribution in [2.75, 3.05) is 12.4 Å². The molecule has 4 aromatic rings. The lowest BCUT2D eigenvalue weighted by molar-refractivity contribution is 0.102. The molecule has 1 saturated carbocycles. The van der Waals surface area contributed by atoms with Crippen LogP contribution in [0.2, 0.25) is 0 Å². The molecule has 0 atom stereocenters. The minimum absolute atomic E-state index is 0.286. The molecule has 9 nitrogen and oxygen atoms in total. The maximum absolute atomic E-state index is 13.0. The molecule has 1 aromatic carbocycles. The van der Waals surface area contributed by atoms with Crippen molar-refractivity contribution in [3.8, 4) is 5.75 Å². The van der Waals surface area contributed by atoms with E-state index in [1.807, 2.05) is 23.0 Å². The number of hydrogen-bond donors (Lipinski definition) is 2. The van der Waals surface area contributed by atoms with Gasteiger partial charge in [0.05, 0.1) is 30.4 Å². The molecule has 3 N–H and O–H groups in total. The largest absolute Gasteiger partial charge is 0.496 e. The first-order chi connectivity index (χ1) is 14.6. The average Bonchev–Trinajstić information content (AvgIpc) is 3.37. The summed E-state index contributed by atoms with van der Waals surface area (Å²) < 4.78 is 9.10. The molecular formula is C21H23N7O2. The van der Waals surface area contributed by atoms with Gasteiger partial charge in [-0.15, -0.1) is 0 Å². The van der Waals surface area contributed by atoms with Crippen LogP contribution in [0.4, 0.5) is 5.69 Å². The van der Waals surface area contributed by atoms with E-state index in [9.17, 15) is 4.79 Å². The Labute approximate surface area is 172 Å². The third-order valence-electron chi connectivity index (χ3n) is 5.73. The second-order valence-electron chi connectivity index (χ2n) is 7.69. The quantitative estimate of drug-likeness (QED) is 0.540. The number of hydrogen-bond acceptors (Lipinski definition) is 6. The molecule has 1 aliphatic rings. The van der Waals surface area contributed by atoms with Gasteiger partial charge in [-0.25, -0.2) is 9.50 Å². The van der Waals surface area contributed by atoms with Gasteiger partial charge in [0.15, 0.2) is 5.65 Å². The zero-order valence-electron chi connectivity index (χ0n) is 16.7. The molecule has 0 radical (unpaired) electrons. The Hall–Kier alpha value is -3.46. The number of anilines is 1. The molecule has 0 saturated heterocycles. The predicted molar refractivity (Wildman–Crippen MR) is 113 cm³/mol. The summed E-state index contributed by atoms with van der Waals surface area (Å²) in [5, 5.41) is 12.7. The van der Waals surface area contributed by atoms with Crippen LogP contribution >= 0.6 is 0 Å². The zero-order chi connectivity index (χ0) is 20.7. The van der Waals surface area contributed by atoms with Gasteiger partial charge < -0.3 is 15.8 Å². The van der Waals surface area contributed by atoms with Crippen LogP contribution in [0.5, 0.6) is 5.75 Å². The van der Waals surface area contributed by atoms with Crippen molar-refractivity contribution in [2.24, 2.45) is 5.73 Å². The SMILES string of the molecule is COc1cc2nn(C3CCC(N)CC3)cc2cc1C(=O)Nc1cnn2cccnc12. The highest BCUT2D eigenvalue weighted by molar-refractivity contribution is 6.09. The average molecular weight is 405 g/mol. The smallest absolute Gasteiger partial charge is 0.259 e. The number of benzene rings is 1. The molecule has 0 bridgehead atoms. The summed E-state index contributed by atoms with van der Waals surface area (Å²) in [6.07, 6.45) is 11.1. The minimum atomic E-state index is -0.286. The van der Waals surface area contributed by atoms with Crippen molar-refractivity contribution in [2.45, 2.75) is 37.8 Å². The van der Waals surface area contributed by atoms with Gasteiger partial charge in [0.2, 0.25) is 0 Å². The van der Waals surface area contributed by atoms with Gasteiger partial charge >= 0.3 is 0 Å². The summed E-state index contributed by atoms with van der Waals surface area (Å²) in [5.74, 6) is 0.186. The number of fused-ring (bicyclic) bond motifs is 2. The normalized spacial score (nSPS) is 19.3. The minimum Gasteiger partial charge on any atom is -0.496 e. The van der Waals surface area contributed by atoms with Crippen molar-refractivity contribution < 1.29 is 9.53 Å². The Morgan fingerprint density at radius 3 is 2.90 bits per heavy atom. The fourth-order valence-corrected chi connectivity index (χ4v) is 4.08. The van der Waals surface area contributed by atoms with E-state index < -0.39 is 0 Å². The first kappa shape index (κ1) is 18.6. The predicted octanol–water partition coefficient (Wildman–Crippen LogP) is 2.78. The topological polar surface area (TPSA) is 112 Å². The molecular weight excluding hydrogens is 382 g/mol. The maximum Gasteiger partial charge on any atom is 0.259 e. The van der Waals surface area contributed by atoms with E-state index >= 15 is 0 Å². The Morgan fingerprint density at radius 2 is 2.10 bits per heavy atom. The first-order valence-electron chi connectivity index (χ1n) is 10.0. The lowest BCUT2D eigenvalue weighted by atomic mass is 9.92. The fourth-order valence-electron chi connectivity index (χ4n) is 4.08. The number of amides is 1. The summed E-state index contributed by atoms with van der Waals surface area (Å²) in [4.78, 5) is 17.3. The van der Waals surface area contributed by atoms with Gasteiger partial charge in [-0.05, 0) is 37.8 Å². The number of carbonyl (C=O) groups excluding carboxylic acids is 1. The van der Waals surface area contributed by atoms with E-state index in [4.69, 9.17) is 15.6 Å². The van der Waals surface area contributed by atoms with Crippen molar-refractivity contribution >= 4 is 28.1 Å². The summed E-state index contributed by atoms with van der Waals surface area (Å²) in [5.41, 5.74) is 8.38. The number of nitrogens with one attached hydrogen (secondary N) is 1. The number of nitrogens with zero attached hydrogens (tertiary/aromatic N) is 5. The van der Waals surface area contributed by atoms with Crippen LogP contribution < -0.4 is 15.8 Å². The van der Waals surface area contributed by atoms with Crippen molar-refractivity contribution in [3.63, 3.8) is 0 Å². The van der Waals surface area contributed by atoms with Gasteiger partial charge in [-0.2, -0.15) is 10.2 Å². The van der Waals surface area contributed by atoms with Gasteiger partial charge in [0, 0.05) is 36.1 Å². The molecule has 9 heteroatoms. The third kappa shape index (κ3) is 3.26. The van der Waals surface area contributed by atoms with E-state index in [0.717, 1.165) is 36.6 Å². The molecule has 3 aromatic heterocycles. The summed E-state index contributed by atoms with van der Waals surface area (Å²) >= 11 is 0. The second-order valence-corrected chi connectivity index (χ2v) is 7.69. The molecule has 30 heavy (non-hydrogen) atoms. The summed E-state index contributed by atoms with van der Waals surface area (Å²) in [7, 11) is 1.55. The second kappa shape index (κ2) is 7.42. The Bertz CT molecular complexity index is 1220. The van der Waals surface area contributed by atoms with Crippen LogP contribution in [-0.2, 0) is 0 Å². The van der Waals surface area contributed by atoms with E-state index in [1.165, 1.54) is 0 Å². The molecule has 0 unspecified atom stereocenters. The standard InChI is InChI=1S/C21H23N7O2/c1-30-19-10-17-13(12-28(26-17)15-5-3-14(22)4-6-15)9-16(19)21(29)25-18-11-24-27-8-2-7-23-20(18)27/h2,7-12,14-15H,3-6,22H2,1H3,(H,25,29). The molecule has 1 aliphatic carbocycles. The van der Waals surface area contributed by atoms with E-state index in [-0.39, 0.29) is 11.9 Å². The highest BCUT2D eigenvalue weighted by atomic mass is 16.5. The number of nitrogens with two attached hydrogens (primary N) is 1. The fraction of sp³-hybridized carbons (Fsp3) is 0.333. The van der Waals surface area contributed by atoms with Crippen molar-refractivity contribution in [1.82, 2.24) is 24.4 Å². The highest BCUT2D eigenvalue weighted by Crippen LogP contribution is 2.31. The number of methoxy groups -OCH3 is 1. The van der Waals surface area contributed by atoms with E-state index in [1.54, 1.807) is 36.3 Å². The molecule has 5 rings (SSSR count). The molecule has 1 amide bonds. The van der Waals surface area contributed by atoms with E-state index in [0.29, 0.717) is 28.7 Å². The molecule has 0 spiro atoms.